The van der Waals surface area contributed by atoms with Gasteiger partial charge in [-0.25, -0.2) is 0 Å². The Bertz CT molecular complexity index is 1660. The Morgan fingerprint density at radius 2 is 0.882 bits per heavy atom. The van der Waals surface area contributed by atoms with E-state index in [9.17, 15) is 16.8 Å². The van der Waals surface area contributed by atoms with Crippen LogP contribution in [0.3, 0.4) is 0 Å². The SMILES string of the molecule is CC(C)(C)[Si](C)(C)OC[C@H](OS(C)(=O)=O)[C@H](O[Si](C)(C)C(C)(C)C)[C@H](COC(c1ccccc1)(c1ccccc1)c1ccccc1)OS(C)(=O)=O. The molecule has 0 aromatic heterocycles. The van der Waals surface area contributed by atoms with Crippen molar-refractivity contribution in [2.45, 2.75) is 102 Å². The maximum atomic E-state index is 13.1. The summed E-state index contributed by atoms with van der Waals surface area (Å²) >= 11 is 0. The fourth-order valence-electron chi connectivity index (χ4n) is 5.19. The van der Waals surface area contributed by atoms with E-state index in [0.29, 0.717) is 0 Å². The molecular formula is C38H58O9S2Si2. The maximum Gasteiger partial charge on any atom is 0.264 e. The zero-order chi connectivity index (χ0) is 38.5. The Hall–Kier alpha value is -2.21. The predicted molar refractivity (Wildman–Crippen MR) is 210 cm³/mol. The summed E-state index contributed by atoms with van der Waals surface area (Å²) < 4.78 is 84.3. The average Bonchev–Trinajstić information content (AvgIpc) is 3.01. The van der Waals surface area contributed by atoms with Crippen molar-refractivity contribution in [2.24, 2.45) is 0 Å². The van der Waals surface area contributed by atoms with Crippen LogP contribution in [0.5, 0.6) is 0 Å². The molecule has 3 aromatic rings. The Kier molecular flexibility index (Phi) is 13.9. The third-order valence-electron chi connectivity index (χ3n) is 9.99. The van der Waals surface area contributed by atoms with Gasteiger partial charge in [0.2, 0.25) is 0 Å². The first-order valence-corrected chi connectivity index (χ1v) is 26.6. The van der Waals surface area contributed by atoms with Crippen molar-refractivity contribution in [3.05, 3.63) is 108 Å². The Morgan fingerprint density at radius 3 is 1.20 bits per heavy atom. The van der Waals surface area contributed by atoms with E-state index in [1.54, 1.807) is 0 Å². The van der Waals surface area contributed by atoms with E-state index in [2.05, 4.69) is 33.9 Å². The normalized spacial score (nSPS) is 15.7. The molecule has 0 saturated heterocycles. The lowest BCUT2D eigenvalue weighted by Gasteiger charge is -2.45. The fourth-order valence-corrected chi connectivity index (χ4v) is 8.77. The van der Waals surface area contributed by atoms with Crippen LogP contribution in [0.1, 0.15) is 58.2 Å². The van der Waals surface area contributed by atoms with Crippen molar-refractivity contribution in [3.63, 3.8) is 0 Å². The molecule has 0 heterocycles. The molecule has 0 saturated carbocycles. The zero-order valence-corrected chi connectivity index (χ0v) is 35.9. The van der Waals surface area contributed by atoms with Gasteiger partial charge in [0.25, 0.3) is 20.2 Å². The second-order valence-corrected chi connectivity index (χ2v) is 28.9. The molecule has 0 spiro atoms. The van der Waals surface area contributed by atoms with Crippen LogP contribution in [0.15, 0.2) is 91.0 Å². The first-order chi connectivity index (χ1) is 23.3. The molecule has 3 atom stereocenters. The zero-order valence-electron chi connectivity index (χ0n) is 32.3. The van der Waals surface area contributed by atoms with Gasteiger partial charge in [0.1, 0.15) is 23.9 Å². The van der Waals surface area contributed by atoms with E-state index in [4.69, 9.17) is 22.0 Å². The van der Waals surface area contributed by atoms with Crippen LogP contribution < -0.4 is 0 Å². The van der Waals surface area contributed by atoms with E-state index >= 15 is 0 Å². The van der Waals surface area contributed by atoms with Crippen molar-refractivity contribution < 1.29 is 38.8 Å². The van der Waals surface area contributed by atoms with Gasteiger partial charge >= 0.3 is 0 Å². The topological polar surface area (TPSA) is 114 Å². The van der Waals surface area contributed by atoms with Crippen molar-refractivity contribution in [1.29, 1.82) is 0 Å². The predicted octanol–water partition coefficient (Wildman–Crippen LogP) is 8.10. The molecule has 51 heavy (non-hydrogen) atoms. The standard InChI is InChI=1S/C38H58O9S2Si2/c1-36(2,3)50(9,10)44-29-34(46-49(8,41)42)35(47-51(11,12)37(4,5)6)33(45-48(7,39)40)28-43-38(30-22-16-13-17-23-30,31-24-18-14-19-25-31)32-26-20-15-21-27-32/h13-27,33-35H,28-29H2,1-12H3/t33-,34-,35+/m0/s1. The van der Waals surface area contributed by atoms with Crippen LogP contribution in [0.25, 0.3) is 0 Å². The summed E-state index contributed by atoms with van der Waals surface area (Å²) in [6.45, 7) is 20.0. The van der Waals surface area contributed by atoms with Gasteiger partial charge in [0, 0.05) is 0 Å². The molecule has 0 bridgehead atoms. The van der Waals surface area contributed by atoms with Gasteiger partial charge in [-0.2, -0.15) is 16.8 Å². The molecule has 0 fully saturated rings. The lowest BCUT2D eigenvalue weighted by Crippen LogP contribution is -2.56. The second kappa shape index (κ2) is 16.4. The van der Waals surface area contributed by atoms with Crippen LogP contribution in [0.2, 0.25) is 36.3 Å². The highest BCUT2D eigenvalue weighted by Crippen LogP contribution is 2.43. The third-order valence-corrected chi connectivity index (χ3v) is 20.2. The molecule has 13 heteroatoms. The number of ether oxygens (including phenoxy) is 1. The van der Waals surface area contributed by atoms with E-state index in [1.807, 2.05) is 125 Å². The molecule has 284 valence electrons. The molecule has 0 unspecified atom stereocenters. The minimum atomic E-state index is -4.15. The maximum absolute atomic E-state index is 13.1. The van der Waals surface area contributed by atoms with Crippen molar-refractivity contribution >= 4 is 36.9 Å². The molecule has 0 amide bonds. The van der Waals surface area contributed by atoms with Crippen molar-refractivity contribution in [3.8, 4) is 0 Å². The van der Waals surface area contributed by atoms with Crippen LogP contribution in [0, 0.1) is 0 Å². The molecule has 0 aliphatic heterocycles. The van der Waals surface area contributed by atoms with Crippen LogP contribution in [-0.4, -0.2) is 77.5 Å². The van der Waals surface area contributed by atoms with E-state index in [0.717, 1.165) is 29.2 Å². The molecule has 3 aromatic carbocycles. The Labute approximate surface area is 309 Å². The lowest BCUT2D eigenvalue weighted by atomic mass is 9.80. The lowest BCUT2D eigenvalue weighted by molar-refractivity contribution is -0.0939. The van der Waals surface area contributed by atoms with Gasteiger partial charge in [0.15, 0.2) is 16.6 Å². The summed E-state index contributed by atoms with van der Waals surface area (Å²) in [5.41, 5.74) is 1.17. The molecular weight excluding hydrogens is 721 g/mol. The molecule has 3 rings (SSSR count). The summed E-state index contributed by atoms with van der Waals surface area (Å²) in [5.74, 6) is 0. The first kappa shape index (κ1) is 43.2. The monoisotopic (exact) mass is 778 g/mol. The largest absolute Gasteiger partial charge is 0.414 e. The molecule has 0 aliphatic carbocycles. The molecule has 0 aliphatic rings. The highest BCUT2D eigenvalue weighted by Gasteiger charge is 2.48. The summed E-state index contributed by atoms with van der Waals surface area (Å²) in [6, 6.07) is 29.0. The van der Waals surface area contributed by atoms with Crippen molar-refractivity contribution in [1.82, 2.24) is 0 Å². The highest BCUT2D eigenvalue weighted by atomic mass is 32.2. The van der Waals surface area contributed by atoms with Gasteiger partial charge in [-0.3, -0.25) is 8.37 Å². The van der Waals surface area contributed by atoms with Crippen LogP contribution in [-0.2, 0) is 47.8 Å². The van der Waals surface area contributed by atoms with E-state index < -0.39 is 60.8 Å². The molecule has 0 radical (unpaired) electrons. The number of hydrogen-bond donors (Lipinski definition) is 0. The first-order valence-electron chi connectivity index (χ1n) is 17.2. The highest BCUT2D eigenvalue weighted by molar-refractivity contribution is 7.86. The Morgan fingerprint density at radius 1 is 0.549 bits per heavy atom. The van der Waals surface area contributed by atoms with Gasteiger partial charge in [-0.1, -0.05) is 133 Å². The van der Waals surface area contributed by atoms with E-state index in [-0.39, 0.29) is 23.3 Å². The van der Waals surface area contributed by atoms with Gasteiger partial charge < -0.3 is 13.6 Å². The smallest absolute Gasteiger partial charge is 0.264 e. The van der Waals surface area contributed by atoms with E-state index in [1.165, 1.54) is 0 Å². The number of benzene rings is 3. The minimum Gasteiger partial charge on any atom is -0.414 e. The Balaban J connectivity index is 2.30. The quantitative estimate of drug-likeness (QED) is 0.0762. The van der Waals surface area contributed by atoms with Crippen LogP contribution >= 0.6 is 0 Å². The van der Waals surface area contributed by atoms with Gasteiger partial charge in [0.05, 0.1) is 25.7 Å². The minimum absolute atomic E-state index is 0.173. The van der Waals surface area contributed by atoms with Crippen molar-refractivity contribution in [2.75, 3.05) is 25.7 Å². The summed E-state index contributed by atoms with van der Waals surface area (Å²) in [7, 11) is -13.5. The molecule has 0 N–H and O–H groups in total. The average molecular weight is 779 g/mol. The van der Waals surface area contributed by atoms with Gasteiger partial charge in [-0.05, 0) is 53.0 Å². The number of hydrogen-bond acceptors (Lipinski definition) is 9. The van der Waals surface area contributed by atoms with Crippen LogP contribution in [0.4, 0.5) is 0 Å². The summed E-state index contributed by atoms with van der Waals surface area (Å²) in [5, 5.41) is -0.551. The second-order valence-electron chi connectivity index (χ2n) is 16.2. The fraction of sp³-hybridized carbons (Fsp3) is 0.526. The molecule has 9 nitrogen and oxygen atoms in total. The summed E-state index contributed by atoms with van der Waals surface area (Å²) in [6.07, 6.45) is -1.93. The third kappa shape index (κ3) is 11.6. The number of rotatable bonds is 17. The summed E-state index contributed by atoms with van der Waals surface area (Å²) in [4.78, 5) is 0. The van der Waals surface area contributed by atoms with Gasteiger partial charge in [-0.15, -0.1) is 0 Å².